The van der Waals surface area contributed by atoms with Gasteiger partial charge in [-0.3, -0.25) is 0 Å². The molecule has 0 amide bonds. The van der Waals surface area contributed by atoms with Crippen LogP contribution in [0, 0.1) is 5.92 Å². The molecule has 14 heavy (non-hydrogen) atoms. The predicted molar refractivity (Wildman–Crippen MR) is 46.1 cm³/mol. The largest absolute Gasteiger partial charge is 0.396 e. The van der Waals surface area contributed by atoms with Crippen molar-refractivity contribution in [3.8, 4) is 0 Å². The zero-order chi connectivity index (χ0) is 10.7. The molecule has 1 fully saturated rings. The molecular formula is C7H13N3O4. The van der Waals surface area contributed by atoms with Gasteiger partial charge in [-0.15, -0.1) is 0 Å². The van der Waals surface area contributed by atoms with E-state index in [9.17, 15) is 15.3 Å². The average Bonchev–Trinajstić information content (AvgIpc) is 2.19. The van der Waals surface area contributed by atoms with Gasteiger partial charge in [-0.25, -0.2) is 0 Å². The van der Waals surface area contributed by atoms with Gasteiger partial charge in [-0.2, -0.15) is 0 Å². The van der Waals surface area contributed by atoms with Crippen molar-refractivity contribution in [2.75, 3.05) is 6.61 Å². The number of hydrogen-bond acceptors (Lipinski definition) is 5. The SMILES string of the molecule is [N-]=[N+]=N[C@@H]1C[C@H](CO)[C@H](O)[C@H](O)[C@H]1O. The smallest absolute Gasteiger partial charge is 0.106 e. The van der Waals surface area contributed by atoms with Crippen molar-refractivity contribution in [2.24, 2.45) is 11.0 Å². The topological polar surface area (TPSA) is 130 Å². The van der Waals surface area contributed by atoms with E-state index in [1.807, 2.05) is 0 Å². The van der Waals surface area contributed by atoms with Crippen LogP contribution in [0.5, 0.6) is 0 Å². The van der Waals surface area contributed by atoms with Crippen molar-refractivity contribution in [1.29, 1.82) is 0 Å². The van der Waals surface area contributed by atoms with Gasteiger partial charge >= 0.3 is 0 Å². The summed E-state index contributed by atoms with van der Waals surface area (Å²) in [4.78, 5) is 2.53. The summed E-state index contributed by atoms with van der Waals surface area (Å²) in [5, 5.41) is 40.3. The predicted octanol–water partition coefficient (Wildman–Crippen LogP) is -1.24. The minimum Gasteiger partial charge on any atom is -0.396 e. The summed E-state index contributed by atoms with van der Waals surface area (Å²) < 4.78 is 0. The third kappa shape index (κ3) is 1.97. The first-order valence-corrected chi connectivity index (χ1v) is 4.31. The Balaban J connectivity index is 2.77. The molecule has 4 N–H and O–H groups in total. The molecule has 0 aromatic rings. The first-order chi connectivity index (χ1) is 6.61. The Morgan fingerprint density at radius 1 is 1.21 bits per heavy atom. The van der Waals surface area contributed by atoms with Crippen molar-refractivity contribution in [3.63, 3.8) is 0 Å². The Labute approximate surface area is 80.2 Å². The molecular weight excluding hydrogens is 190 g/mol. The molecule has 0 bridgehead atoms. The molecule has 0 radical (unpaired) electrons. The van der Waals surface area contributed by atoms with Gasteiger partial charge in [-0.05, 0) is 12.0 Å². The highest BCUT2D eigenvalue weighted by Gasteiger charge is 2.41. The van der Waals surface area contributed by atoms with Gasteiger partial charge in [0.2, 0.25) is 0 Å². The lowest BCUT2D eigenvalue weighted by molar-refractivity contribution is -0.125. The molecule has 7 heteroatoms. The van der Waals surface area contributed by atoms with Crippen molar-refractivity contribution in [2.45, 2.75) is 30.8 Å². The second-order valence-corrected chi connectivity index (χ2v) is 3.42. The van der Waals surface area contributed by atoms with Gasteiger partial charge in [-0.1, -0.05) is 5.11 Å². The van der Waals surface area contributed by atoms with E-state index in [1.54, 1.807) is 0 Å². The molecule has 0 unspecified atom stereocenters. The lowest BCUT2D eigenvalue weighted by atomic mass is 9.80. The van der Waals surface area contributed by atoms with Crippen molar-refractivity contribution >= 4 is 0 Å². The number of aliphatic hydroxyl groups excluding tert-OH is 4. The highest BCUT2D eigenvalue weighted by molar-refractivity contribution is 4.95. The number of rotatable bonds is 2. The second-order valence-electron chi connectivity index (χ2n) is 3.42. The van der Waals surface area contributed by atoms with Crippen molar-refractivity contribution < 1.29 is 20.4 Å². The summed E-state index contributed by atoms with van der Waals surface area (Å²) in [6.07, 6.45) is -3.67. The molecule has 0 spiro atoms. The summed E-state index contributed by atoms with van der Waals surface area (Å²) in [6.45, 7) is -0.317. The number of hydrogen-bond donors (Lipinski definition) is 4. The lowest BCUT2D eigenvalue weighted by Gasteiger charge is -2.37. The molecule has 1 rings (SSSR count). The van der Waals surface area contributed by atoms with E-state index in [2.05, 4.69) is 10.0 Å². The van der Waals surface area contributed by atoms with Crippen LogP contribution in [0.25, 0.3) is 10.4 Å². The molecule has 1 aliphatic carbocycles. The van der Waals surface area contributed by atoms with E-state index in [1.165, 1.54) is 0 Å². The van der Waals surface area contributed by atoms with Gasteiger partial charge in [0.05, 0.1) is 18.2 Å². The van der Waals surface area contributed by atoms with E-state index in [0.29, 0.717) is 0 Å². The minimum atomic E-state index is -1.38. The van der Waals surface area contributed by atoms with E-state index in [0.717, 1.165) is 0 Å². The second kappa shape index (κ2) is 4.59. The molecule has 80 valence electrons. The Morgan fingerprint density at radius 2 is 1.86 bits per heavy atom. The number of azide groups is 1. The summed E-state index contributed by atoms with van der Waals surface area (Å²) in [6, 6.07) is -0.796. The fraction of sp³-hybridized carbons (Fsp3) is 1.00. The standard InChI is InChI=1S/C7H13N3O4/c8-10-9-4-1-3(2-11)5(12)7(14)6(4)13/h3-7,11-14H,1-2H2/t3-,4-,5+,6+,7+/m1/s1. The molecule has 7 nitrogen and oxygen atoms in total. The van der Waals surface area contributed by atoms with E-state index in [4.69, 9.17) is 10.6 Å². The zero-order valence-corrected chi connectivity index (χ0v) is 7.43. The maximum Gasteiger partial charge on any atom is 0.106 e. The zero-order valence-electron chi connectivity index (χ0n) is 7.43. The van der Waals surface area contributed by atoms with Crippen LogP contribution >= 0.6 is 0 Å². The Hall–Kier alpha value is -0.850. The van der Waals surface area contributed by atoms with E-state index in [-0.39, 0.29) is 13.0 Å². The van der Waals surface area contributed by atoms with Crippen molar-refractivity contribution in [1.82, 2.24) is 0 Å². The first-order valence-electron chi connectivity index (χ1n) is 4.31. The molecule has 0 aromatic carbocycles. The number of aliphatic hydroxyl groups is 4. The van der Waals surface area contributed by atoms with Crippen LogP contribution in [0.3, 0.4) is 0 Å². The lowest BCUT2D eigenvalue weighted by Crippen LogP contribution is -2.53. The van der Waals surface area contributed by atoms with Crippen molar-refractivity contribution in [3.05, 3.63) is 10.4 Å². The highest BCUT2D eigenvalue weighted by Crippen LogP contribution is 2.27. The van der Waals surface area contributed by atoms with E-state index >= 15 is 0 Å². The summed E-state index contributed by atoms with van der Waals surface area (Å²) in [5.74, 6) is -0.566. The molecule has 0 saturated heterocycles. The normalized spacial score (nSPS) is 43.0. The monoisotopic (exact) mass is 203 g/mol. The molecule has 1 saturated carbocycles. The quantitative estimate of drug-likeness (QED) is 0.254. The Kier molecular flexibility index (Phi) is 3.68. The molecule has 0 heterocycles. The van der Waals surface area contributed by atoms with Gasteiger partial charge in [0.1, 0.15) is 6.10 Å². The molecule has 5 atom stereocenters. The summed E-state index contributed by atoms with van der Waals surface area (Å²) in [5.41, 5.74) is 8.19. The van der Waals surface area contributed by atoms with Gasteiger partial charge in [0.15, 0.2) is 0 Å². The fourth-order valence-electron chi connectivity index (χ4n) is 1.66. The van der Waals surface area contributed by atoms with Crippen LogP contribution in [-0.2, 0) is 0 Å². The molecule has 1 aliphatic rings. The third-order valence-corrected chi connectivity index (χ3v) is 2.56. The number of nitrogens with zero attached hydrogens (tertiary/aromatic N) is 3. The van der Waals surface area contributed by atoms with Crippen LogP contribution < -0.4 is 0 Å². The van der Waals surface area contributed by atoms with Gasteiger partial charge < -0.3 is 20.4 Å². The first kappa shape index (κ1) is 11.2. The molecule has 0 aliphatic heterocycles. The highest BCUT2D eigenvalue weighted by atomic mass is 16.4. The van der Waals surface area contributed by atoms with Gasteiger partial charge in [0.25, 0.3) is 0 Å². The fourth-order valence-corrected chi connectivity index (χ4v) is 1.66. The Morgan fingerprint density at radius 3 is 2.36 bits per heavy atom. The summed E-state index contributed by atoms with van der Waals surface area (Å²) in [7, 11) is 0. The summed E-state index contributed by atoms with van der Waals surface area (Å²) >= 11 is 0. The van der Waals surface area contributed by atoms with Crippen LogP contribution in [0.4, 0.5) is 0 Å². The van der Waals surface area contributed by atoms with Crippen LogP contribution in [0.15, 0.2) is 5.11 Å². The van der Waals surface area contributed by atoms with Crippen LogP contribution in [-0.4, -0.2) is 51.4 Å². The Bertz CT molecular complexity index is 241. The third-order valence-electron chi connectivity index (χ3n) is 2.56. The average molecular weight is 203 g/mol. The van der Waals surface area contributed by atoms with Crippen LogP contribution in [0.1, 0.15) is 6.42 Å². The van der Waals surface area contributed by atoms with E-state index < -0.39 is 30.3 Å². The van der Waals surface area contributed by atoms with Crippen LogP contribution in [0.2, 0.25) is 0 Å². The molecule has 0 aromatic heterocycles. The van der Waals surface area contributed by atoms with Gasteiger partial charge in [0, 0.05) is 17.4 Å². The minimum absolute atomic E-state index is 0.167. The maximum absolute atomic E-state index is 9.40. The maximum atomic E-state index is 9.40.